The molecule has 0 bridgehead atoms. The van der Waals surface area contributed by atoms with Gasteiger partial charge in [-0.3, -0.25) is 0 Å². The molecule has 0 atom stereocenters. The van der Waals surface area contributed by atoms with E-state index in [4.69, 9.17) is 4.74 Å². The predicted octanol–water partition coefficient (Wildman–Crippen LogP) is 1.80. The fourth-order valence-electron chi connectivity index (χ4n) is 2.26. The molecule has 0 spiro atoms. The molecule has 13 heavy (non-hydrogen) atoms. The highest BCUT2D eigenvalue weighted by molar-refractivity contribution is 5.04. The molecule has 0 aromatic rings. The van der Waals surface area contributed by atoms with Crippen LogP contribution in [0.25, 0.3) is 0 Å². The standard InChI is InChI=1S/C11H21NO/c1-13-8-2-7-12-9-11(5-6-11)10-3-4-10/h10,12H,2-9H2,1H3. The summed E-state index contributed by atoms with van der Waals surface area (Å²) in [5.74, 6) is 1.09. The van der Waals surface area contributed by atoms with Gasteiger partial charge in [-0.15, -0.1) is 0 Å². The van der Waals surface area contributed by atoms with Gasteiger partial charge in [0, 0.05) is 20.3 Å². The number of rotatable bonds is 7. The molecule has 0 amide bonds. The summed E-state index contributed by atoms with van der Waals surface area (Å²) in [6.45, 7) is 3.28. The van der Waals surface area contributed by atoms with Crippen molar-refractivity contribution in [2.24, 2.45) is 11.3 Å². The highest BCUT2D eigenvalue weighted by Crippen LogP contribution is 2.60. The van der Waals surface area contributed by atoms with E-state index in [0.717, 1.165) is 30.9 Å². The van der Waals surface area contributed by atoms with Crippen LogP contribution in [0.5, 0.6) is 0 Å². The molecule has 0 saturated heterocycles. The zero-order valence-corrected chi connectivity index (χ0v) is 8.64. The Kier molecular flexibility index (Phi) is 2.89. The molecule has 0 aromatic heterocycles. The second kappa shape index (κ2) is 3.97. The van der Waals surface area contributed by atoms with E-state index in [1.54, 1.807) is 7.11 Å². The van der Waals surface area contributed by atoms with Crippen molar-refractivity contribution in [3.05, 3.63) is 0 Å². The van der Waals surface area contributed by atoms with Gasteiger partial charge in [0.25, 0.3) is 0 Å². The third kappa shape index (κ3) is 2.44. The van der Waals surface area contributed by atoms with Crippen molar-refractivity contribution < 1.29 is 4.74 Å². The number of hydrogen-bond acceptors (Lipinski definition) is 2. The van der Waals surface area contributed by atoms with Gasteiger partial charge in [0.2, 0.25) is 0 Å². The van der Waals surface area contributed by atoms with Crippen molar-refractivity contribution >= 4 is 0 Å². The quantitative estimate of drug-likeness (QED) is 0.608. The molecule has 2 heteroatoms. The van der Waals surface area contributed by atoms with Crippen LogP contribution in [0.15, 0.2) is 0 Å². The van der Waals surface area contributed by atoms with Crippen LogP contribution in [0, 0.1) is 11.3 Å². The summed E-state index contributed by atoms with van der Waals surface area (Å²) in [5.41, 5.74) is 0.757. The number of methoxy groups -OCH3 is 1. The normalized spacial score (nSPS) is 24.7. The van der Waals surface area contributed by atoms with Crippen molar-refractivity contribution in [2.75, 3.05) is 26.8 Å². The maximum Gasteiger partial charge on any atom is 0.0474 e. The molecule has 1 N–H and O–H groups in total. The molecule has 2 aliphatic carbocycles. The smallest absolute Gasteiger partial charge is 0.0474 e. The predicted molar refractivity (Wildman–Crippen MR) is 53.8 cm³/mol. The van der Waals surface area contributed by atoms with E-state index in [-0.39, 0.29) is 0 Å². The maximum atomic E-state index is 5.01. The monoisotopic (exact) mass is 183 g/mol. The summed E-state index contributed by atoms with van der Waals surface area (Å²) >= 11 is 0. The second-order valence-corrected chi connectivity index (χ2v) is 4.66. The fourth-order valence-corrected chi connectivity index (χ4v) is 2.26. The lowest BCUT2D eigenvalue weighted by Gasteiger charge is -2.14. The largest absolute Gasteiger partial charge is 0.385 e. The van der Waals surface area contributed by atoms with Crippen LogP contribution in [0.1, 0.15) is 32.1 Å². The average Bonchev–Trinajstić information content (AvgIpc) is 2.98. The van der Waals surface area contributed by atoms with Crippen molar-refractivity contribution in [3.8, 4) is 0 Å². The third-order valence-corrected chi connectivity index (χ3v) is 3.51. The van der Waals surface area contributed by atoms with Gasteiger partial charge in [0.05, 0.1) is 0 Å². The minimum atomic E-state index is 0.757. The van der Waals surface area contributed by atoms with Crippen molar-refractivity contribution in [1.82, 2.24) is 5.32 Å². The average molecular weight is 183 g/mol. The Morgan fingerprint density at radius 3 is 2.69 bits per heavy atom. The molecule has 2 aliphatic rings. The van der Waals surface area contributed by atoms with Gasteiger partial charge in [-0.1, -0.05) is 0 Å². The molecular weight excluding hydrogens is 162 g/mol. The first kappa shape index (κ1) is 9.47. The Hall–Kier alpha value is -0.0800. The number of nitrogens with one attached hydrogen (secondary N) is 1. The van der Waals surface area contributed by atoms with Gasteiger partial charge in [-0.05, 0) is 50.0 Å². The van der Waals surface area contributed by atoms with Crippen LogP contribution in [0.4, 0.5) is 0 Å². The second-order valence-electron chi connectivity index (χ2n) is 4.66. The Labute approximate surface area is 81.0 Å². The van der Waals surface area contributed by atoms with E-state index in [2.05, 4.69) is 5.32 Å². The molecule has 0 aromatic carbocycles. The molecule has 76 valence electrons. The van der Waals surface area contributed by atoms with E-state index < -0.39 is 0 Å². The molecule has 0 heterocycles. The van der Waals surface area contributed by atoms with Crippen molar-refractivity contribution in [1.29, 1.82) is 0 Å². The first-order valence-corrected chi connectivity index (χ1v) is 5.57. The van der Waals surface area contributed by atoms with Gasteiger partial charge < -0.3 is 10.1 Å². The number of hydrogen-bond donors (Lipinski definition) is 1. The minimum absolute atomic E-state index is 0.757. The molecule has 0 radical (unpaired) electrons. The summed E-state index contributed by atoms with van der Waals surface area (Å²) in [7, 11) is 1.77. The fraction of sp³-hybridized carbons (Fsp3) is 1.00. The van der Waals surface area contributed by atoms with Gasteiger partial charge in [0.1, 0.15) is 0 Å². The molecular formula is C11H21NO. The Morgan fingerprint density at radius 2 is 2.15 bits per heavy atom. The van der Waals surface area contributed by atoms with Gasteiger partial charge in [-0.2, -0.15) is 0 Å². The van der Waals surface area contributed by atoms with Crippen LogP contribution in [-0.4, -0.2) is 26.8 Å². The Balaban J connectivity index is 1.52. The van der Waals surface area contributed by atoms with E-state index in [9.17, 15) is 0 Å². The molecule has 2 rings (SSSR count). The summed E-state index contributed by atoms with van der Waals surface area (Å²) in [6, 6.07) is 0. The van der Waals surface area contributed by atoms with Gasteiger partial charge in [-0.25, -0.2) is 0 Å². The molecule has 0 aliphatic heterocycles. The van der Waals surface area contributed by atoms with Gasteiger partial charge in [0.15, 0.2) is 0 Å². The van der Waals surface area contributed by atoms with E-state index in [1.807, 2.05) is 0 Å². The van der Waals surface area contributed by atoms with Crippen molar-refractivity contribution in [2.45, 2.75) is 32.1 Å². The van der Waals surface area contributed by atoms with Crippen molar-refractivity contribution in [3.63, 3.8) is 0 Å². The zero-order valence-electron chi connectivity index (χ0n) is 8.64. The SMILES string of the molecule is COCCCNCC1(C2CC2)CC1. The molecule has 2 nitrogen and oxygen atoms in total. The highest BCUT2D eigenvalue weighted by atomic mass is 16.5. The topological polar surface area (TPSA) is 21.3 Å². The van der Waals surface area contributed by atoms with Crippen LogP contribution in [0.2, 0.25) is 0 Å². The van der Waals surface area contributed by atoms with Gasteiger partial charge >= 0.3 is 0 Å². The van der Waals surface area contributed by atoms with Crippen LogP contribution in [0.3, 0.4) is 0 Å². The lowest BCUT2D eigenvalue weighted by atomic mass is 10.0. The van der Waals surface area contributed by atoms with E-state index in [1.165, 1.54) is 32.2 Å². The zero-order chi connectivity index (χ0) is 9.15. The maximum absolute atomic E-state index is 5.01. The van der Waals surface area contributed by atoms with Crippen LogP contribution >= 0.6 is 0 Å². The number of ether oxygens (including phenoxy) is 1. The summed E-state index contributed by atoms with van der Waals surface area (Å²) in [5, 5.41) is 3.56. The summed E-state index contributed by atoms with van der Waals surface area (Å²) in [4.78, 5) is 0. The third-order valence-electron chi connectivity index (χ3n) is 3.51. The minimum Gasteiger partial charge on any atom is -0.385 e. The Bertz CT molecular complexity index is 161. The summed E-state index contributed by atoms with van der Waals surface area (Å²) in [6.07, 6.45) is 7.11. The molecule has 2 fully saturated rings. The van der Waals surface area contributed by atoms with Crippen LogP contribution < -0.4 is 5.32 Å². The first-order valence-electron chi connectivity index (χ1n) is 5.57. The lowest BCUT2D eigenvalue weighted by Crippen LogP contribution is -2.26. The molecule has 0 unspecified atom stereocenters. The Morgan fingerprint density at radius 1 is 1.38 bits per heavy atom. The summed E-state index contributed by atoms with van der Waals surface area (Å²) < 4.78 is 5.01. The first-order chi connectivity index (χ1) is 6.37. The highest BCUT2D eigenvalue weighted by Gasteiger charge is 2.52. The molecule has 2 saturated carbocycles. The van der Waals surface area contributed by atoms with E-state index in [0.29, 0.717) is 0 Å². The van der Waals surface area contributed by atoms with Crippen LogP contribution in [-0.2, 0) is 4.74 Å². The lowest BCUT2D eigenvalue weighted by molar-refractivity contribution is 0.193. The van der Waals surface area contributed by atoms with E-state index >= 15 is 0 Å².